The van der Waals surface area contributed by atoms with Crippen LogP contribution in [-0.2, 0) is 0 Å². The molecule has 2 aromatic heterocycles. The molecule has 2 aliphatic carbocycles. The van der Waals surface area contributed by atoms with E-state index in [0.717, 1.165) is 33.2 Å². The van der Waals surface area contributed by atoms with Gasteiger partial charge in [-0.25, -0.2) is 4.98 Å². The van der Waals surface area contributed by atoms with E-state index in [1.165, 1.54) is 25.7 Å². The number of rotatable bonds is 3. The molecule has 2 heterocycles. The molecule has 2 aliphatic rings. The normalized spacial score (nSPS) is 26.9. The molecule has 0 saturated heterocycles. The predicted molar refractivity (Wildman–Crippen MR) is 98.2 cm³/mol. The molecule has 1 amide bonds. The van der Waals surface area contributed by atoms with Gasteiger partial charge in [-0.3, -0.25) is 9.20 Å². The van der Waals surface area contributed by atoms with Crippen molar-refractivity contribution in [2.45, 2.75) is 52.5 Å². The lowest BCUT2D eigenvalue weighted by Crippen LogP contribution is -2.40. The van der Waals surface area contributed by atoms with Crippen molar-refractivity contribution >= 4 is 27.5 Å². The highest BCUT2D eigenvalue weighted by molar-refractivity contribution is 9.10. The Morgan fingerprint density at radius 3 is 2.83 bits per heavy atom. The smallest absolute Gasteiger partial charge is 0.270 e. The fourth-order valence-corrected chi connectivity index (χ4v) is 5.55. The number of hydrogen-bond donors (Lipinski definition) is 1. The second-order valence-corrected chi connectivity index (χ2v) is 8.56. The molecule has 0 spiro atoms. The number of nitrogens with one attached hydrogen (secondary N) is 1. The summed E-state index contributed by atoms with van der Waals surface area (Å²) in [5, 5.41) is 3.27. The molecule has 0 aromatic carbocycles. The van der Waals surface area contributed by atoms with Crippen LogP contribution in [0.2, 0.25) is 0 Å². The standard InChI is InChI=1S/C19H24BrN3O/c1-10-6-16(20)18-21-12(3)17(23(18)9-10)19(24)22-11(2)15-8-13-4-5-14(15)7-13/h6,9,11,13-15H,4-5,7-8H2,1-3H3,(H,22,24). The minimum absolute atomic E-state index is 0.00669. The van der Waals surface area contributed by atoms with Gasteiger partial charge >= 0.3 is 0 Å². The zero-order chi connectivity index (χ0) is 17.0. The number of carbonyl (C=O) groups excluding carboxylic acids is 1. The molecule has 0 radical (unpaired) electrons. The summed E-state index contributed by atoms with van der Waals surface area (Å²) in [4.78, 5) is 17.5. The molecule has 24 heavy (non-hydrogen) atoms. The summed E-state index contributed by atoms with van der Waals surface area (Å²) in [7, 11) is 0. The summed E-state index contributed by atoms with van der Waals surface area (Å²) in [6, 6.07) is 2.26. The summed E-state index contributed by atoms with van der Waals surface area (Å²) in [6.07, 6.45) is 7.36. The van der Waals surface area contributed by atoms with Gasteiger partial charge in [0.15, 0.2) is 5.65 Å². The van der Waals surface area contributed by atoms with Crippen molar-refractivity contribution in [2.24, 2.45) is 17.8 Å². The number of imidazole rings is 1. The Balaban J connectivity index is 1.60. The summed E-state index contributed by atoms with van der Waals surface area (Å²) in [6.45, 7) is 6.11. The van der Waals surface area contributed by atoms with Gasteiger partial charge in [0.25, 0.3) is 5.91 Å². The topological polar surface area (TPSA) is 46.4 Å². The first-order valence-electron chi connectivity index (χ1n) is 8.89. The van der Waals surface area contributed by atoms with Crippen LogP contribution in [0.5, 0.6) is 0 Å². The second-order valence-electron chi connectivity index (χ2n) is 7.71. The maximum absolute atomic E-state index is 12.9. The van der Waals surface area contributed by atoms with E-state index in [1.54, 1.807) is 0 Å². The van der Waals surface area contributed by atoms with Gasteiger partial charge in [-0.1, -0.05) is 6.42 Å². The van der Waals surface area contributed by atoms with Gasteiger partial charge < -0.3 is 5.32 Å². The van der Waals surface area contributed by atoms with Crippen molar-refractivity contribution in [2.75, 3.05) is 0 Å². The number of aromatic nitrogens is 2. The van der Waals surface area contributed by atoms with Crippen molar-refractivity contribution in [1.82, 2.24) is 14.7 Å². The van der Waals surface area contributed by atoms with Crippen LogP contribution in [-0.4, -0.2) is 21.3 Å². The van der Waals surface area contributed by atoms with Crippen molar-refractivity contribution in [3.63, 3.8) is 0 Å². The zero-order valence-electron chi connectivity index (χ0n) is 14.5. The Kier molecular flexibility index (Phi) is 3.94. The minimum atomic E-state index is -0.00669. The molecule has 4 rings (SSSR count). The summed E-state index contributed by atoms with van der Waals surface area (Å²) in [5.74, 6) is 2.34. The average molecular weight is 390 g/mol. The van der Waals surface area contributed by atoms with Crippen molar-refractivity contribution in [3.8, 4) is 0 Å². The van der Waals surface area contributed by atoms with E-state index in [1.807, 2.05) is 30.5 Å². The van der Waals surface area contributed by atoms with Crippen LogP contribution in [0.1, 0.15) is 54.4 Å². The molecule has 1 N–H and O–H groups in total. The predicted octanol–water partition coefficient (Wildman–Crippen LogP) is 4.27. The zero-order valence-corrected chi connectivity index (χ0v) is 16.1. The monoisotopic (exact) mass is 389 g/mol. The molecule has 2 bridgehead atoms. The van der Waals surface area contributed by atoms with Crippen LogP contribution in [0.4, 0.5) is 0 Å². The van der Waals surface area contributed by atoms with E-state index < -0.39 is 0 Å². The SMILES string of the molecule is Cc1cc(Br)c2nc(C)c(C(=O)NC(C)C3CC4CCC3C4)n2c1. The molecular weight excluding hydrogens is 366 g/mol. The minimum Gasteiger partial charge on any atom is -0.348 e. The molecule has 5 heteroatoms. The van der Waals surface area contributed by atoms with E-state index in [4.69, 9.17) is 0 Å². The number of hydrogen-bond acceptors (Lipinski definition) is 2. The van der Waals surface area contributed by atoms with Crippen LogP contribution < -0.4 is 5.32 Å². The van der Waals surface area contributed by atoms with Crippen LogP contribution in [0.15, 0.2) is 16.7 Å². The lowest BCUT2D eigenvalue weighted by atomic mass is 9.84. The number of nitrogens with zero attached hydrogens (tertiary/aromatic N) is 2. The molecule has 4 nitrogen and oxygen atoms in total. The van der Waals surface area contributed by atoms with E-state index in [2.05, 4.69) is 33.2 Å². The number of amides is 1. The van der Waals surface area contributed by atoms with Gasteiger partial charge in [0.2, 0.25) is 0 Å². The highest BCUT2D eigenvalue weighted by atomic mass is 79.9. The molecule has 4 unspecified atom stereocenters. The second kappa shape index (κ2) is 5.87. The Hall–Kier alpha value is -1.36. The summed E-state index contributed by atoms with van der Waals surface area (Å²) in [5.41, 5.74) is 3.33. The molecule has 0 aliphatic heterocycles. The van der Waals surface area contributed by atoms with E-state index in [0.29, 0.717) is 11.6 Å². The van der Waals surface area contributed by atoms with E-state index in [-0.39, 0.29) is 11.9 Å². The molecule has 128 valence electrons. The van der Waals surface area contributed by atoms with Crippen LogP contribution in [0.25, 0.3) is 5.65 Å². The number of carbonyl (C=O) groups is 1. The van der Waals surface area contributed by atoms with Gasteiger partial charge in [0.05, 0.1) is 10.2 Å². The fourth-order valence-electron chi connectivity index (χ4n) is 4.91. The van der Waals surface area contributed by atoms with E-state index in [9.17, 15) is 4.79 Å². The quantitative estimate of drug-likeness (QED) is 0.851. The lowest BCUT2D eigenvalue weighted by molar-refractivity contribution is 0.0908. The maximum atomic E-state index is 12.9. The highest BCUT2D eigenvalue weighted by Gasteiger charge is 2.42. The van der Waals surface area contributed by atoms with Gasteiger partial charge in [-0.05, 0) is 85.3 Å². The third kappa shape index (κ3) is 2.57. The third-order valence-corrected chi connectivity index (χ3v) is 6.58. The van der Waals surface area contributed by atoms with Crippen molar-refractivity contribution < 1.29 is 4.79 Å². The van der Waals surface area contributed by atoms with Gasteiger partial charge in [0.1, 0.15) is 5.69 Å². The lowest BCUT2D eigenvalue weighted by Gasteiger charge is -2.28. The number of halogens is 1. The van der Waals surface area contributed by atoms with Crippen molar-refractivity contribution in [1.29, 1.82) is 0 Å². The van der Waals surface area contributed by atoms with Crippen molar-refractivity contribution in [3.05, 3.63) is 33.7 Å². The van der Waals surface area contributed by atoms with E-state index >= 15 is 0 Å². The summed E-state index contributed by atoms with van der Waals surface area (Å²) < 4.78 is 2.84. The number of pyridine rings is 1. The van der Waals surface area contributed by atoms with Crippen LogP contribution >= 0.6 is 15.9 Å². The Labute approximate surface area is 151 Å². The average Bonchev–Trinajstić information content (AvgIpc) is 3.20. The first kappa shape index (κ1) is 16.1. The fraction of sp³-hybridized carbons (Fsp3) is 0.579. The third-order valence-electron chi connectivity index (χ3n) is 6.00. The Morgan fingerprint density at radius 2 is 2.17 bits per heavy atom. The largest absolute Gasteiger partial charge is 0.348 e. The molecule has 2 saturated carbocycles. The first-order chi connectivity index (χ1) is 11.4. The number of fused-ring (bicyclic) bond motifs is 3. The molecule has 4 atom stereocenters. The Bertz CT molecular complexity index is 813. The molecule has 2 aromatic rings. The highest BCUT2D eigenvalue weighted by Crippen LogP contribution is 2.49. The molecular formula is C19H24BrN3O. The summed E-state index contributed by atoms with van der Waals surface area (Å²) >= 11 is 3.56. The van der Waals surface area contributed by atoms with Gasteiger partial charge in [0, 0.05) is 12.2 Å². The van der Waals surface area contributed by atoms with Gasteiger partial charge in [-0.15, -0.1) is 0 Å². The van der Waals surface area contributed by atoms with Crippen LogP contribution in [0.3, 0.4) is 0 Å². The van der Waals surface area contributed by atoms with Gasteiger partial charge in [-0.2, -0.15) is 0 Å². The van der Waals surface area contributed by atoms with Crippen LogP contribution in [0, 0.1) is 31.6 Å². The first-order valence-corrected chi connectivity index (χ1v) is 9.69. The Morgan fingerprint density at radius 1 is 1.38 bits per heavy atom. The maximum Gasteiger partial charge on any atom is 0.270 e. The molecule has 2 fully saturated rings. The number of aryl methyl sites for hydroxylation is 2.